The Labute approximate surface area is 97.7 Å². The number of aromatic carboxylic acids is 1. The molecule has 1 aromatic heterocycles. The van der Waals surface area contributed by atoms with Gasteiger partial charge in [-0.1, -0.05) is 20.8 Å². The predicted molar refractivity (Wildman–Crippen MR) is 61.3 cm³/mol. The molecule has 0 spiro atoms. The van der Waals surface area contributed by atoms with Crippen molar-refractivity contribution in [2.45, 2.75) is 26.2 Å². The van der Waals surface area contributed by atoms with Gasteiger partial charge < -0.3 is 14.6 Å². The third-order valence-corrected chi connectivity index (χ3v) is 2.35. The van der Waals surface area contributed by atoms with E-state index in [-0.39, 0.29) is 22.3 Å². The predicted octanol–water partition coefficient (Wildman–Crippen LogP) is 2.53. The van der Waals surface area contributed by atoms with E-state index in [2.05, 4.69) is 4.98 Å². The number of aromatic hydroxyl groups is 1. The summed E-state index contributed by atoms with van der Waals surface area (Å²) in [5.41, 5.74) is 0.153. The van der Waals surface area contributed by atoms with Gasteiger partial charge in [0.2, 0.25) is 5.89 Å². The van der Waals surface area contributed by atoms with Gasteiger partial charge in [0.1, 0.15) is 16.8 Å². The summed E-state index contributed by atoms with van der Waals surface area (Å²) >= 11 is 0. The third-order valence-electron chi connectivity index (χ3n) is 2.35. The summed E-state index contributed by atoms with van der Waals surface area (Å²) in [6, 6.07) is 2.54. The number of phenols is 1. The Morgan fingerprint density at radius 1 is 1.35 bits per heavy atom. The number of fused-ring (bicyclic) bond motifs is 1. The van der Waals surface area contributed by atoms with Crippen molar-refractivity contribution in [3.63, 3.8) is 0 Å². The molecule has 0 aliphatic carbocycles. The standard InChI is InChI=1S/C12H13NO4/c1-12(2,3)11-13-8-5-6(14)4-7(10(15)16)9(8)17-11/h4-5,14H,1-3H3,(H,15,16). The minimum absolute atomic E-state index is 0.0806. The monoisotopic (exact) mass is 235 g/mol. The van der Waals surface area contributed by atoms with Crippen molar-refractivity contribution >= 4 is 17.1 Å². The largest absolute Gasteiger partial charge is 0.508 e. The van der Waals surface area contributed by atoms with Crippen LogP contribution >= 0.6 is 0 Å². The second-order valence-electron chi connectivity index (χ2n) is 4.92. The molecule has 0 unspecified atom stereocenters. The number of benzene rings is 1. The fourth-order valence-corrected chi connectivity index (χ4v) is 1.50. The number of aromatic nitrogens is 1. The number of phenolic OH excluding ortho intramolecular Hbond substituents is 1. The first-order valence-electron chi connectivity index (χ1n) is 5.16. The van der Waals surface area contributed by atoms with Crippen LogP contribution in [-0.4, -0.2) is 21.2 Å². The van der Waals surface area contributed by atoms with E-state index in [1.807, 2.05) is 20.8 Å². The molecule has 90 valence electrons. The maximum atomic E-state index is 11.0. The third kappa shape index (κ3) is 1.95. The zero-order valence-corrected chi connectivity index (χ0v) is 9.81. The van der Waals surface area contributed by atoms with Gasteiger partial charge in [0, 0.05) is 11.5 Å². The molecular weight excluding hydrogens is 222 g/mol. The van der Waals surface area contributed by atoms with E-state index in [9.17, 15) is 9.90 Å². The van der Waals surface area contributed by atoms with E-state index in [4.69, 9.17) is 9.52 Å². The van der Waals surface area contributed by atoms with Crippen LogP contribution < -0.4 is 0 Å². The molecule has 0 atom stereocenters. The minimum atomic E-state index is -1.15. The number of carbonyl (C=O) groups is 1. The van der Waals surface area contributed by atoms with Crippen molar-refractivity contribution < 1.29 is 19.4 Å². The molecule has 0 bridgehead atoms. The van der Waals surface area contributed by atoms with Gasteiger partial charge >= 0.3 is 5.97 Å². The summed E-state index contributed by atoms with van der Waals surface area (Å²) in [6.45, 7) is 5.74. The molecular formula is C12H13NO4. The van der Waals surface area contributed by atoms with Crippen LogP contribution in [0, 0.1) is 0 Å². The van der Waals surface area contributed by atoms with Gasteiger partial charge in [-0.15, -0.1) is 0 Å². The second-order valence-corrected chi connectivity index (χ2v) is 4.92. The fourth-order valence-electron chi connectivity index (χ4n) is 1.50. The smallest absolute Gasteiger partial charge is 0.339 e. The van der Waals surface area contributed by atoms with Gasteiger partial charge in [-0.3, -0.25) is 0 Å². The van der Waals surface area contributed by atoms with Crippen molar-refractivity contribution in [1.82, 2.24) is 4.98 Å². The highest BCUT2D eigenvalue weighted by atomic mass is 16.4. The minimum Gasteiger partial charge on any atom is -0.508 e. The summed E-state index contributed by atoms with van der Waals surface area (Å²) in [5, 5.41) is 18.4. The molecule has 0 fully saturated rings. The highest BCUT2D eigenvalue weighted by Crippen LogP contribution is 2.30. The Hall–Kier alpha value is -2.04. The molecule has 17 heavy (non-hydrogen) atoms. The molecule has 5 nitrogen and oxygen atoms in total. The Balaban J connectivity index is 2.76. The normalized spacial score (nSPS) is 11.9. The van der Waals surface area contributed by atoms with Crippen molar-refractivity contribution in [2.24, 2.45) is 0 Å². The number of rotatable bonds is 1. The first-order chi connectivity index (χ1) is 7.79. The van der Waals surface area contributed by atoms with E-state index in [0.717, 1.165) is 6.07 Å². The summed E-state index contributed by atoms with van der Waals surface area (Å²) in [6.07, 6.45) is 0. The van der Waals surface area contributed by atoms with Crippen LogP contribution in [0.25, 0.3) is 11.1 Å². The molecule has 0 saturated carbocycles. The Morgan fingerprint density at radius 3 is 2.53 bits per heavy atom. The van der Waals surface area contributed by atoms with Crippen LogP contribution in [0.15, 0.2) is 16.5 Å². The lowest BCUT2D eigenvalue weighted by Crippen LogP contribution is -2.10. The van der Waals surface area contributed by atoms with Crippen LogP contribution in [0.4, 0.5) is 0 Å². The number of oxazole rings is 1. The molecule has 0 saturated heterocycles. The van der Waals surface area contributed by atoms with E-state index in [1.54, 1.807) is 0 Å². The average Bonchev–Trinajstić information content (AvgIpc) is 2.58. The zero-order chi connectivity index (χ0) is 12.8. The highest BCUT2D eigenvalue weighted by molar-refractivity contribution is 6.00. The topological polar surface area (TPSA) is 83.6 Å². The Bertz CT molecular complexity index is 592. The maximum absolute atomic E-state index is 11.0. The van der Waals surface area contributed by atoms with Crippen LogP contribution in [0.1, 0.15) is 37.0 Å². The quantitative estimate of drug-likeness (QED) is 0.793. The first-order valence-corrected chi connectivity index (χ1v) is 5.16. The van der Waals surface area contributed by atoms with Gasteiger partial charge in [0.25, 0.3) is 0 Å². The van der Waals surface area contributed by atoms with E-state index < -0.39 is 5.97 Å². The summed E-state index contributed by atoms with van der Waals surface area (Å²) < 4.78 is 5.48. The van der Waals surface area contributed by atoms with Crippen LogP contribution in [-0.2, 0) is 5.41 Å². The van der Waals surface area contributed by atoms with E-state index in [0.29, 0.717) is 11.4 Å². The molecule has 1 heterocycles. The van der Waals surface area contributed by atoms with Gasteiger partial charge in [-0.25, -0.2) is 9.78 Å². The molecule has 2 N–H and O–H groups in total. The molecule has 0 radical (unpaired) electrons. The molecule has 5 heteroatoms. The van der Waals surface area contributed by atoms with Crippen molar-refractivity contribution in [1.29, 1.82) is 0 Å². The lowest BCUT2D eigenvalue weighted by Gasteiger charge is -2.11. The molecule has 0 amide bonds. The fraction of sp³-hybridized carbons (Fsp3) is 0.333. The first kappa shape index (κ1) is 11.4. The van der Waals surface area contributed by atoms with Crippen LogP contribution in [0.2, 0.25) is 0 Å². The van der Waals surface area contributed by atoms with Crippen molar-refractivity contribution in [2.75, 3.05) is 0 Å². The van der Waals surface area contributed by atoms with Gasteiger partial charge in [0.15, 0.2) is 5.58 Å². The zero-order valence-electron chi connectivity index (χ0n) is 9.81. The van der Waals surface area contributed by atoms with E-state index >= 15 is 0 Å². The number of hydrogen-bond donors (Lipinski definition) is 2. The highest BCUT2D eigenvalue weighted by Gasteiger charge is 2.23. The Morgan fingerprint density at radius 2 is 2.00 bits per heavy atom. The van der Waals surface area contributed by atoms with Gasteiger partial charge in [-0.05, 0) is 6.07 Å². The lowest BCUT2D eigenvalue weighted by atomic mass is 9.97. The second kappa shape index (κ2) is 3.48. The average molecular weight is 235 g/mol. The summed E-state index contributed by atoms with van der Waals surface area (Å²) in [4.78, 5) is 15.2. The van der Waals surface area contributed by atoms with Crippen molar-refractivity contribution in [3.05, 3.63) is 23.6 Å². The maximum Gasteiger partial charge on any atom is 0.339 e. The summed E-state index contributed by atoms with van der Waals surface area (Å²) in [7, 11) is 0. The number of hydrogen-bond acceptors (Lipinski definition) is 4. The van der Waals surface area contributed by atoms with E-state index in [1.165, 1.54) is 6.07 Å². The number of carboxylic acids is 1. The molecule has 1 aromatic carbocycles. The van der Waals surface area contributed by atoms with Gasteiger partial charge in [0.05, 0.1) is 0 Å². The summed E-state index contributed by atoms with van der Waals surface area (Å²) in [5.74, 6) is -0.841. The number of carboxylic acid groups (broad SMARTS) is 1. The lowest BCUT2D eigenvalue weighted by molar-refractivity contribution is 0.0697. The SMILES string of the molecule is CC(C)(C)c1nc2cc(O)cc(C(=O)O)c2o1. The Kier molecular flexibility index (Phi) is 2.34. The molecule has 2 aromatic rings. The van der Waals surface area contributed by atoms with Crippen molar-refractivity contribution in [3.8, 4) is 5.75 Å². The van der Waals surface area contributed by atoms with Gasteiger partial charge in [-0.2, -0.15) is 0 Å². The molecule has 0 aliphatic heterocycles. The molecule has 2 rings (SSSR count). The molecule has 0 aliphatic rings. The number of nitrogens with zero attached hydrogens (tertiary/aromatic N) is 1. The van der Waals surface area contributed by atoms with Crippen LogP contribution in [0.5, 0.6) is 5.75 Å². The van der Waals surface area contributed by atoms with Crippen LogP contribution in [0.3, 0.4) is 0 Å².